The first-order chi connectivity index (χ1) is 14.0. The first-order valence-corrected chi connectivity index (χ1v) is 10.1. The molecular formula is C22H25N5O2. The second kappa shape index (κ2) is 7.66. The van der Waals surface area contributed by atoms with Crippen molar-refractivity contribution in [2.75, 3.05) is 0 Å². The molecule has 2 amide bonds. The van der Waals surface area contributed by atoms with Crippen molar-refractivity contribution in [2.45, 2.75) is 52.0 Å². The fourth-order valence-electron chi connectivity index (χ4n) is 3.34. The third kappa shape index (κ3) is 3.85. The number of nitrogens with one attached hydrogen (secondary N) is 2. The summed E-state index contributed by atoms with van der Waals surface area (Å²) in [4.78, 5) is 30.0. The van der Waals surface area contributed by atoms with Crippen LogP contribution in [0.2, 0.25) is 0 Å². The van der Waals surface area contributed by atoms with Crippen molar-refractivity contribution in [2.24, 2.45) is 0 Å². The van der Waals surface area contributed by atoms with E-state index in [0.29, 0.717) is 28.1 Å². The summed E-state index contributed by atoms with van der Waals surface area (Å²) in [7, 11) is 0. The van der Waals surface area contributed by atoms with Gasteiger partial charge < -0.3 is 0 Å². The van der Waals surface area contributed by atoms with E-state index in [1.54, 1.807) is 18.3 Å². The van der Waals surface area contributed by atoms with Gasteiger partial charge in [-0.25, -0.2) is 9.67 Å². The summed E-state index contributed by atoms with van der Waals surface area (Å²) in [6.45, 7) is 6.12. The van der Waals surface area contributed by atoms with Gasteiger partial charge in [-0.3, -0.25) is 20.4 Å². The largest absolute Gasteiger partial charge is 0.270 e. The third-order valence-corrected chi connectivity index (χ3v) is 5.23. The monoisotopic (exact) mass is 391 g/mol. The molecular weight excluding hydrogens is 366 g/mol. The van der Waals surface area contributed by atoms with Crippen LogP contribution in [-0.4, -0.2) is 26.6 Å². The predicted molar refractivity (Wildman–Crippen MR) is 111 cm³/mol. The van der Waals surface area contributed by atoms with Gasteiger partial charge in [0.05, 0.1) is 17.1 Å². The van der Waals surface area contributed by atoms with Crippen LogP contribution in [0.1, 0.15) is 77.5 Å². The Morgan fingerprint density at radius 1 is 1.14 bits per heavy atom. The van der Waals surface area contributed by atoms with Crippen LogP contribution in [0, 0.1) is 0 Å². The van der Waals surface area contributed by atoms with E-state index in [0.717, 1.165) is 30.5 Å². The van der Waals surface area contributed by atoms with E-state index in [2.05, 4.69) is 22.9 Å². The number of nitrogens with zero attached hydrogens (tertiary/aromatic N) is 3. The highest BCUT2D eigenvalue weighted by Crippen LogP contribution is 2.40. The van der Waals surface area contributed by atoms with Gasteiger partial charge in [-0.05, 0) is 56.9 Å². The Balaban J connectivity index is 1.56. The molecule has 1 aliphatic carbocycles. The molecule has 1 fully saturated rings. The highest BCUT2D eigenvalue weighted by molar-refractivity contribution is 6.06. The fourth-order valence-corrected chi connectivity index (χ4v) is 3.34. The molecule has 7 heteroatoms. The molecule has 7 nitrogen and oxygen atoms in total. The Kier molecular flexibility index (Phi) is 5.05. The molecule has 2 N–H and O–H groups in total. The molecule has 0 aliphatic heterocycles. The van der Waals surface area contributed by atoms with E-state index >= 15 is 0 Å². The number of carbonyl (C=O) groups excluding carboxylic acids is 2. The molecule has 3 aromatic rings. The second-order valence-electron chi connectivity index (χ2n) is 7.75. The number of fused-ring (bicyclic) bond motifs is 1. The average Bonchev–Trinajstić information content (AvgIpc) is 3.49. The highest BCUT2D eigenvalue weighted by atomic mass is 16.2. The van der Waals surface area contributed by atoms with E-state index in [1.165, 1.54) is 0 Å². The van der Waals surface area contributed by atoms with Crippen LogP contribution in [0.15, 0.2) is 36.5 Å². The summed E-state index contributed by atoms with van der Waals surface area (Å²) in [5.41, 5.74) is 8.78. The number of carbonyl (C=O) groups is 2. The van der Waals surface area contributed by atoms with Gasteiger partial charge in [0.1, 0.15) is 0 Å². The van der Waals surface area contributed by atoms with Gasteiger partial charge in [0.2, 0.25) is 0 Å². The number of hydrazine groups is 1. The zero-order valence-electron chi connectivity index (χ0n) is 16.9. The normalized spacial score (nSPS) is 13.7. The minimum Gasteiger partial charge on any atom is -0.267 e. The Labute approximate surface area is 169 Å². The van der Waals surface area contributed by atoms with Gasteiger partial charge in [-0.2, -0.15) is 5.10 Å². The first-order valence-electron chi connectivity index (χ1n) is 10.1. The molecule has 4 rings (SSSR count). The predicted octanol–water partition coefficient (Wildman–Crippen LogP) is 3.53. The van der Waals surface area contributed by atoms with Crippen LogP contribution < -0.4 is 10.9 Å². The molecule has 150 valence electrons. The lowest BCUT2D eigenvalue weighted by Crippen LogP contribution is -2.41. The van der Waals surface area contributed by atoms with Crippen molar-refractivity contribution >= 4 is 22.8 Å². The Morgan fingerprint density at radius 2 is 1.83 bits per heavy atom. The zero-order valence-corrected chi connectivity index (χ0v) is 16.9. The maximum absolute atomic E-state index is 12.9. The number of pyridine rings is 1. The summed E-state index contributed by atoms with van der Waals surface area (Å²) < 4.78 is 1.83. The summed E-state index contributed by atoms with van der Waals surface area (Å²) >= 11 is 0. The molecule has 1 aromatic carbocycles. The molecule has 0 saturated heterocycles. The van der Waals surface area contributed by atoms with Crippen LogP contribution >= 0.6 is 0 Å². The van der Waals surface area contributed by atoms with Gasteiger partial charge in [-0.1, -0.05) is 19.1 Å². The summed E-state index contributed by atoms with van der Waals surface area (Å²) in [5, 5.41) is 5.09. The molecule has 1 saturated carbocycles. The number of hydrogen-bond donors (Lipinski definition) is 2. The Morgan fingerprint density at radius 3 is 2.45 bits per heavy atom. The lowest BCUT2D eigenvalue weighted by Gasteiger charge is -2.11. The van der Waals surface area contributed by atoms with Crippen LogP contribution in [-0.2, 0) is 6.42 Å². The van der Waals surface area contributed by atoms with Gasteiger partial charge in [0.25, 0.3) is 11.8 Å². The Hall–Kier alpha value is -3.22. The van der Waals surface area contributed by atoms with Gasteiger partial charge in [0.15, 0.2) is 5.65 Å². The molecule has 29 heavy (non-hydrogen) atoms. The van der Waals surface area contributed by atoms with Crippen molar-refractivity contribution < 1.29 is 9.59 Å². The standard InChI is InChI=1S/C22H25N5O2/c1-4-14-5-7-16(8-6-14)21(28)25-26-22(29)17-11-19(15-9-10-15)24-20-18(17)12-23-27(20)13(2)3/h5-8,11-13,15H,4,9-10H2,1-3H3,(H,25,28)(H,26,29). The Bertz CT molecular complexity index is 1060. The third-order valence-electron chi connectivity index (χ3n) is 5.23. The van der Waals surface area contributed by atoms with E-state index in [4.69, 9.17) is 4.98 Å². The summed E-state index contributed by atoms with van der Waals surface area (Å²) in [6, 6.07) is 9.28. The lowest BCUT2D eigenvalue weighted by atomic mass is 10.1. The van der Waals surface area contributed by atoms with Crippen LogP contribution in [0.3, 0.4) is 0 Å². The summed E-state index contributed by atoms with van der Waals surface area (Å²) in [6.07, 6.45) is 4.74. The zero-order chi connectivity index (χ0) is 20.5. The summed E-state index contributed by atoms with van der Waals surface area (Å²) in [5.74, 6) is -0.333. The molecule has 1 aliphatic rings. The molecule has 2 heterocycles. The maximum Gasteiger partial charge on any atom is 0.270 e. The molecule has 0 bridgehead atoms. The molecule has 2 aromatic heterocycles. The SMILES string of the molecule is CCc1ccc(C(=O)NNC(=O)c2cc(C3CC3)nc3c2cnn3C(C)C)cc1. The number of aromatic nitrogens is 3. The number of amides is 2. The van der Waals surface area contributed by atoms with Gasteiger partial charge >= 0.3 is 0 Å². The molecule has 0 spiro atoms. The molecule has 0 unspecified atom stereocenters. The highest BCUT2D eigenvalue weighted by Gasteiger charge is 2.28. The van der Waals surface area contributed by atoms with Crippen molar-refractivity contribution in [3.63, 3.8) is 0 Å². The number of rotatable bonds is 5. The minimum absolute atomic E-state index is 0.135. The van der Waals surface area contributed by atoms with Crippen LogP contribution in [0.25, 0.3) is 11.0 Å². The van der Waals surface area contributed by atoms with E-state index in [-0.39, 0.29) is 17.9 Å². The van der Waals surface area contributed by atoms with Crippen LogP contribution in [0.5, 0.6) is 0 Å². The van der Waals surface area contributed by atoms with Crippen molar-refractivity contribution in [1.29, 1.82) is 0 Å². The second-order valence-corrected chi connectivity index (χ2v) is 7.75. The van der Waals surface area contributed by atoms with Crippen molar-refractivity contribution in [3.8, 4) is 0 Å². The van der Waals surface area contributed by atoms with E-state index in [9.17, 15) is 9.59 Å². The quantitative estimate of drug-likeness (QED) is 0.651. The molecule has 0 atom stereocenters. The number of benzene rings is 1. The average molecular weight is 391 g/mol. The van der Waals surface area contributed by atoms with E-state index in [1.807, 2.05) is 36.7 Å². The van der Waals surface area contributed by atoms with Gasteiger partial charge in [0, 0.05) is 23.2 Å². The topological polar surface area (TPSA) is 88.9 Å². The minimum atomic E-state index is -0.374. The van der Waals surface area contributed by atoms with Crippen LogP contribution in [0.4, 0.5) is 0 Å². The number of aryl methyl sites for hydroxylation is 1. The fraction of sp³-hybridized carbons (Fsp3) is 0.364. The van der Waals surface area contributed by atoms with E-state index < -0.39 is 0 Å². The molecule has 0 radical (unpaired) electrons. The number of hydrogen-bond acceptors (Lipinski definition) is 4. The van der Waals surface area contributed by atoms with Crippen molar-refractivity contribution in [3.05, 3.63) is 58.9 Å². The lowest BCUT2D eigenvalue weighted by molar-refractivity contribution is 0.0847. The smallest absolute Gasteiger partial charge is 0.267 e. The maximum atomic E-state index is 12.9. The first kappa shape index (κ1) is 19.1. The van der Waals surface area contributed by atoms with Crippen molar-refractivity contribution in [1.82, 2.24) is 25.6 Å². The van der Waals surface area contributed by atoms with Gasteiger partial charge in [-0.15, -0.1) is 0 Å².